The molecular formula is C20H29N7O2S2. The van der Waals surface area contributed by atoms with Crippen molar-refractivity contribution in [3.63, 3.8) is 0 Å². The van der Waals surface area contributed by atoms with E-state index in [1.54, 1.807) is 12.1 Å². The number of aromatic nitrogens is 4. The van der Waals surface area contributed by atoms with Crippen LogP contribution < -0.4 is 9.80 Å². The first-order valence-corrected chi connectivity index (χ1v) is 13.0. The molecule has 168 valence electrons. The lowest BCUT2D eigenvalue weighted by Crippen LogP contribution is -2.34. The van der Waals surface area contributed by atoms with Crippen molar-refractivity contribution in [1.29, 1.82) is 0 Å². The van der Waals surface area contributed by atoms with Crippen molar-refractivity contribution in [3.05, 3.63) is 18.3 Å². The third kappa shape index (κ3) is 5.27. The van der Waals surface area contributed by atoms with E-state index in [2.05, 4.69) is 14.8 Å². The predicted molar refractivity (Wildman–Crippen MR) is 121 cm³/mol. The Morgan fingerprint density at radius 1 is 0.839 bits per heavy atom. The summed E-state index contributed by atoms with van der Waals surface area (Å²) in [7, 11) is -0.488. The van der Waals surface area contributed by atoms with Crippen molar-refractivity contribution < 1.29 is 8.42 Å². The number of nitrogens with zero attached hydrogens (tertiary/aromatic N) is 7. The third-order valence-electron chi connectivity index (χ3n) is 5.55. The van der Waals surface area contributed by atoms with Gasteiger partial charge in [-0.25, -0.2) is 17.7 Å². The van der Waals surface area contributed by atoms with Crippen LogP contribution in [0.3, 0.4) is 0 Å². The summed E-state index contributed by atoms with van der Waals surface area (Å²) in [5, 5.41) is 1.24. The molecule has 0 radical (unpaired) electrons. The largest absolute Gasteiger partial charge is 0.341 e. The maximum Gasteiger partial charge on any atom is 0.244 e. The van der Waals surface area contributed by atoms with Gasteiger partial charge in [0.05, 0.1) is 0 Å². The Bertz CT molecular complexity index is 951. The average Bonchev–Trinajstić information content (AvgIpc) is 2.80. The summed E-state index contributed by atoms with van der Waals surface area (Å²) in [6.45, 7) is 3.84. The molecule has 0 N–H and O–H groups in total. The van der Waals surface area contributed by atoms with E-state index in [1.165, 1.54) is 49.2 Å². The van der Waals surface area contributed by atoms with Crippen LogP contribution in [0.4, 0.5) is 11.9 Å². The number of rotatable bonds is 6. The molecule has 4 rings (SSSR count). The summed E-state index contributed by atoms with van der Waals surface area (Å²) >= 11 is 1.34. The molecule has 11 heteroatoms. The lowest BCUT2D eigenvalue weighted by atomic mass is 10.1. The van der Waals surface area contributed by atoms with E-state index in [-0.39, 0.29) is 4.90 Å². The summed E-state index contributed by atoms with van der Waals surface area (Å²) in [6.07, 6.45) is 8.47. The first kappa shape index (κ1) is 22.2. The highest BCUT2D eigenvalue weighted by Crippen LogP contribution is 2.28. The predicted octanol–water partition coefficient (Wildman–Crippen LogP) is 2.65. The summed E-state index contributed by atoms with van der Waals surface area (Å²) in [5.41, 5.74) is 0. The minimum atomic E-state index is -3.50. The van der Waals surface area contributed by atoms with Gasteiger partial charge in [-0.2, -0.15) is 15.0 Å². The van der Waals surface area contributed by atoms with Gasteiger partial charge in [-0.05, 0) is 62.4 Å². The molecule has 0 spiro atoms. The molecule has 2 aromatic rings. The molecule has 2 aromatic heterocycles. The smallest absolute Gasteiger partial charge is 0.244 e. The topological polar surface area (TPSA) is 95.4 Å². The molecule has 2 fully saturated rings. The Labute approximate surface area is 188 Å². The van der Waals surface area contributed by atoms with Crippen molar-refractivity contribution in [2.24, 2.45) is 0 Å². The van der Waals surface area contributed by atoms with Gasteiger partial charge in [-0.1, -0.05) is 0 Å². The van der Waals surface area contributed by atoms with Crippen LogP contribution in [-0.4, -0.2) is 72.9 Å². The lowest BCUT2D eigenvalue weighted by Gasteiger charge is -2.30. The fourth-order valence-electron chi connectivity index (χ4n) is 3.74. The molecule has 2 aliphatic rings. The van der Waals surface area contributed by atoms with Gasteiger partial charge in [0.2, 0.25) is 27.1 Å². The van der Waals surface area contributed by atoms with E-state index in [0.29, 0.717) is 10.2 Å². The molecule has 9 nitrogen and oxygen atoms in total. The van der Waals surface area contributed by atoms with E-state index in [0.717, 1.165) is 63.8 Å². The monoisotopic (exact) mass is 463 g/mol. The van der Waals surface area contributed by atoms with Crippen LogP contribution in [0, 0.1) is 0 Å². The van der Waals surface area contributed by atoms with E-state index in [4.69, 9.17) is 15.0 Å². The van der Waals surface area contributed by atoms with Crippen LogP contribution in [0.5, 0.6) is 0 Å². The molecule has 0 unspecified atom stereocenters. The van der Waals surface area contributed by atoms with Crippen molar-refractivity contribution >= 4 is 33.7 Å². The average molecular weight is 464 g/mol. The molecule has 4 heterocycles. The zero-order chi connectivity index (χ0) is 21.8. The first-order valence-electron chi connectivity index (χ1n) is 10.8. The highest BCUT2D eigenvalue weighted by molar-refractivity contribution is 7.99. The summed E-state index contributed by atoms with van der Waals surface area (Å²) < 4.78 is 25.7. The highest BCUT2D eigenvalue weighted by atomic mass is 32.2. The van der Waals surface area contributed by atoms with Crippen molar-refractivity contribution in [3.8, 4) is 0 Å². The van der Waals surface area contributed by atoms with Gasteiger partial charge >= 0.3 is 0 Å². The fraction of sp³-hybridized carbons (Fsp3) is 0.600. The standard InChI is InChI=1S/C20H29N7O2S2/c1-25(2)31(28,29)16-9-10-17(21-15-16)30-20-23-18(26-11-5-3-6-12-26)22-19(24-20)27-13-7-4-8-14-27/h9-10,15H,3-8,11-14H2,1-2H3. The number of hydrogen-bond donors (Lipinski definition) is 0. The van der Waals surface area contributed by atoms with Gasteiger partial charge in [0.25, 0.3) is 0 Å². The molecule has 0 atom stereocenters. The van der Waals surface area contributed by atoms with Gasteiger partial charge in [0.15, 0.2) is 0 Å². The molecule has 0 amide bonds. The Morgan fingerprint density at radius 3 is 1.84 bits per heavy atom. The summed E-state index contributed by atoms with van der Waals surface area (Å²) in [6, 6.07) is 3.27. The second kappa shape index (κ2) is 9.66. The van der Waals surface area contributed by atoms with E-state index in [9.17, 15) is 8.42 Å². The lowest BCUT2D eigenvalue weighted by molar-refractivity contribution is 0.520. The van der Waals surface area contributed by atoms with Crippen molar-refractivity contribution in [2.75, 3.05) is 50.1 Å². The Hall–Kier alpha value is -1.98. The quantitative estimate of drug-likeness (QED) is 0.640. The maximum atomic E-state index is 12.3. The number of sulfonamides is 1. The second-order valence-electron chi connectivity index (χ2n) is 8.04. The number of anilines is 2. The van der Waals surface area contributed by atoms with Crippen molar-refractivity contribution in [2.45, 2.75) is 53.6 Å². The van der Waals surface area contributed by atoms with Crippen LogP contribution in [0.2, 0.25) is 0 Å². The van der Waals surface area contributed by atoms with Crippen LogP contribution in [0.1, 0.15) is 38.5 Å². The van der Waals surface area contributed by atoms with E-state index >= 15 is 0 Å². The third-order valence-corrected chi connectivity index (χ3v) is 8.17. The van der Waals surface area contributed by atoms with E-state index < -0.39 is 10.0 Å². The minimum absolute atomic E-state index is 0.167. The number of hydrogen-bond acceptors (Lipinski definition) is 9. The van der Waals surface area contributed by atoms with Crippen LogP contribution in [0.15, 0.2) is 33.4 Å². The molecule has 2 aliphatic heterocycles. The highest BCUT2D eigenvalue weighted by Gasteiger charge is 2.21. The molecule has 0 saturated carbocycles. The van der Waals surface area contributed by atoms with Gasteiger partial charge in [0.1, 0.15) is 9.92 Å². The Kier molecular flexibility index (Phi) is 6.92. The number of pyridine rings is 1. The molecule has 31 heavy (non-hydrogen) atoms. The molecule has 0 aromatic carbocycles. The zero-order valence-electron chi connectivity index (χ0n) is 18.1. The fourth-order valence-corrected chi connectivity index (χ4v) is 5.27. The molecular weight excluding hydrogens is 434 g/mol. The van der Waals surface area contributed by atoms with Gasteiger partial charge < -0.3 is 9.80 Å². The second-order valence-corrected chi connectivity index (χ2v) is 11.2. The molecule has 0 aliphatic carbocycles. The van der Waals surface area contributed by atoms with Crippen LogP contribution >= 0.6 is 11.8 Å². The molecule has 0 bridgehead atoms. The van der Waals surface area contributed by atoms with E-state index in [1.807, 2.05) is 0 Å². The Balaban J connectivity index is 1.60. The normalized spacial score (nSPS) is 17.9. The SMILES string of the molecule is CN(C)S(=O)(=O)c1ccc(Sc2nc(N3CCCCC3)nc(N3CCCCC3)n2)nc1. The maximum absolute atomic E-state index is 12.3. The minimum Gasteiger partial charge on any atom is -0.341 e. The summed E-state index contributed by atoms with van der Waals surface area (Å²) in [5.74, 6) is 1.45. The van der Waals surface area contributed by atoms with Crippen LogP contribution in [0.25, 0.3) is 0 Å². The van der Waals surface area contributed by atoms with Crippen molar-refractivity contribution in [1.82, 2.24) is 24.2 Å². The van der Waals surface area contributed by atoms with Crippen LogP contribution in [-0.2, 0) is 10.0 Å². The van der Waals surface area contributed by atoms with Gasteiger partial charge in [0, 0.05) is 46.5 Å². The Morgan fingerprint density at radius 2 is 1.39 bits per heavy atom. The molecule has 2 saturated heterocycles. The van der Waals surface area contributed by atoms with Gasteiger partial charge in [-0.3, -0.25) is 0 Å². The first-order chi connectivity index (χ1) is 14.9. The number of piperidine rings is 2. The zero-order valence-corrected chi connectivity index (χ0v) is 19.7. The summed E-state index contributed by atoms with van der Waals surface area (Å²) in [4.78, 5) is 23.2. The van der Waals surface area contributed by atoms with Gasteiger partial charge in [-0.15, -0.1) is 0 Å².